The van der Waals surface area contributed by atoms with E-state index in [4.69, 9.17) is 19.0 Å². The van der Waals surface area contributed by atoms with E-state index in [1.54, 1.807) is 0 Å². The third kappa shape index (κ3) is 8.37. The molecule has 0 aliphatic rings. The zero-order valence-electron chi connectivity index (χ0n) is 24.5. The van der Waals surface area contributed by atoms with Gasteiger partial charge in [0.25, 0.3) is 0 Å². The van der Waals surface area contributed by atoms with Gasteiger partial charge in [0.05, 0.1) is 25.4 Å². The van der Waals surface area contributed by atoms with Gasteiger partial charge in [-0.05, 0) is 49.9 Å². The second-order valence-corrected chi connectivity index (χ2v) is 10.5. The third-order valence-corrected chi connectivity index (χ3v) is 6.62. The lowest BCUT2D eigenvalue weighted by atomic mass is 9.80. The highest BCUT2D eigenvalue weighted by Gasteiger charge is 2.38. The molecule has 1 atom stereocenters. The minimum Gasteiger partial charge on any atom is -0.391 e. The molecular formula is C36H41NO4. The number of rotatable bonds is 15. The highest BCUT2D eigenvalue weighted by Crippen LogP contribution is 2.40. The minimum absolute atomic E-state index is 0.0396. The Balaban J connectivity index is 1.75. The number of benzene rings is 4. The van der Waals surface area contributed by atoms with Crippen molar-refractivity contribution < 1.29 is 19.0 Å². The average Bonchev–Trinajstić information content (AvgIpc) is 3.00. The molecule has 0 radical (unpaired) electrons. The van der Waals surface area contributed by atoms with Crippen molar-refractivity contribution in [2.24, 2.45) is 5.16 Å². The third-order valence-electron chi connectivity index (χ3n) is 6.62. The van der Waals surface area contributed by atoms with Crippen LogP contribution in [0.1, 0.15) is 49.9 Å². The standard InChI is InChI=1S/C36H41NO4/c1-28(2)38-27-35(41-29(3)4)34(37-40-25-30-17-9-5-10-18-30)26-39-36(31-19-11-6-12-20-31,32-21-13-7-14-22-32)33-23-15-8-16-24-33/h5-24,28-29,35H,25-27H2,1-4H3/b37-34+/t35-/m0/s1. The second kappa shape index (κ2) is 15.3. The maximum absolute atomic E-state index is 7.08. The van der Waals surface area contributed by atoms with Crippen LogP contribution in [-0.4, -0.2) is 37.2 Å². The molecule has 0 bridgehead atoms. The first-order chi connectivity index (χ1) is 20.0. The van der Waals surface area contributed by atoms with E-state index in [1.807, 2.05) is 113 Å². The zero-order chi connectivity index (χ0) is 28.9. The monoisotopic (exact) mass is 551 g/mol. The fourth-order valence-corrected chi connectivity index (χ4v) is 4.72. The molecular weight excluding hydrogens is 510 g/mol. The fraction of sp³-hybridized carbons (Fsp3) is 0.306. The molecule has 214 valence electrons. The summed E-state index contributed by atoms with van der Waals surface area (Å²) < 4.78 is 19.4. The van der Waals surface area contributed by atoms with Gasteiger partial charge in [-0.25, -0.2) is 0 Å². The molecule has 41 heavy (non-hydrogen) atoms. The summed E-state index contributed by atoms with van der Waals surface area (Å²) in [5.41, 5.74) is 3.81. The molecule has 4 aromatic carbocycles. The van der Waals surface area contributed by atoms with Crippen LogP contribution in [0.15, 0.2) is 126 Å². The van der Waals surface area contributed by atoms with E-state index >= 15 is 0 Å². The van der Waals surface area contributed by atoms with Crippen molar-refractivity contribution in [2.75, 3.05) is 13.2 Å². The molecule has 0 aliphatic carbocycles. The molecule has 0 fully saturated rings. The SMILES string of the molecule is CC(C)OC[C@H](OC(C)C)/C(COC(c1ccccc1)(c1ccccc1)c1ccccc1)=N/OCc1ccccc1. The summed E-state index contributed by atoms with van der Waals surface area (Å²) in [5, 5.41) is 4.62. The van der Waals surface area contributed by atoms with Crippen LogP contribution < -0.4 is 0 Å². The van der Waals surface area contributed by atoms with Crippen LogP contribution in [0.25, 0.3) is 0 Å². The predicted molar refractivity (Wildman–Crippen MR) is 165 cm³/mol. The summed E-state index contributed by atoms with van der Waals surface area (Å²) >= 11 is 0. The number of ether oxygens (including phenoxy) is 3. The Morgan fingerprint density at radius 3 is 1.54 bits per heavy atom. The van der Waals surface area contributed by atoms with Crippen LogP contribution in [-0.2, 0) is 31.3 Å². The summed E-state index contributed by atoms with van der Waals surface area (Å²) in [5.74, 6) is 0. The number of nitrogens with zero attached hydrogens (tertiary/aromatic N) is 1. The molecule has 0 unspecified atom stereocenters. The van der Waals surface area contributed by atoms with Gasteiger partial charge in [-0.3, -0.25) is 0 Å². The van der Waals surface area contributed by atoms with Gasteiger partial charge in [0, 0.05) is 0 Å². The van der Waals surface area contributed by atoms with Gasteiger partial charge in [-0.15, -0.1) is 0 Å². The summed E-state index contributed by atoms with van der Waals surface area (Å²) in [6, 6.07) is 40.9. The van der Waals surface area contributed by atoms with Crippen molar-refractivity contribution in [2.45, 2.75) is 58.2 Å². The van der Waals surface area contributed by atoms with Gasteiger partial charge in [-0.2, -0.15) is 0 Å². The minimum atomic E-state index is -0.898. The number of oxime groups is 1. The molecule has 5 heteroatoms. The van der Waals surface area contributed by atoms with Crippen LogP contribution in [0.5, 0.6) is 0 Å². The van der Waals surface area contributed by atoms with E-state index in [0.29, 0.717) is 18.9 Å². The predicted octanol–water partition coefficient (Wildman–Crippen LogP) is 7.79. The molecule has 0 spiro atoms. The van der Waals surface area contributed by atoms with E-state index in [2.05, 4.69) is 41.6 Å². The van der Waals surface area contributed by atoms with Crippen LogP contribution in [0.4, 0.5) is 0 Å². The highest BCUT2D eigenvalue weighted by atomic mass is 16.6. The second-order valence-electron chi connectivity index (χ2n) is 10.5. The molecule has 0 saturated heterocycles. The van der Waals surface area contributed by atoms with Crippen LogP contribution in [0.3, 0.4) is 0 Å². The molecule has 4 aromatic rings. The van der Waals surface area contributed by atoms with Crippen LogP contribution in [0.2, 0.25) is 0 Å². The van der Waals surface area contributed by atoms with E-state index in [0.717, 1.165) is 22.3 Å². The van der Waals surface area contributed by atoms with E-state index < -0.39 is 11.7 Å². The van der Waals surface area contributed by atoms with Gasteiger partial charge < -0.3 is 19.0 Å². The van der Waals surface area contributed by atoms with Gasteiger partial charge >= 0.3 is 0 Å². The number of hydrogen-bond acceptors (Lipinski definition) is 5. The molecule has 0 heterocycles. The van der Waals surface area contributed by atoms with E-state index in [1.165, 1.54) is 0 Å². The lowest BCUT2D eigenvalue weighted by Gasteiger charge is -2.36. The molecule has 0 aromatic heterocycles. The van der Waals surface area contributed by atoms with Crippen molar-refractivity contribution in [1.29, 1.82) is 0 Å². The first-order valence-corrected chi connectivity index (χ1v) is 14.3. The Morgan fingerprint density at radius 2 is 1.10 bits per heavy atom. The van der Waals surface area contributed by atoms with Crippen LogP contribution in [0, 0.1) is 0 Å². The normalized spacial score (nSPS) is 13.0. The maximum atomic E-state index is 7.08. The van der Waals surface area contributed by atoms with E-state index in [-0.39, 0.29) is 18.8 Å². The number of hydrogen-bond donors (Lipinski definition) is 0. The van der Waals surface area contributed by atoms with Crippen molar-refractivity contribution in [3.8, 4) is 0 Å². The highest BCUT2D eigenvalue weighted by molar-refractivity contribution is 5.89. The lowest BCUT2D eigenvalue weighted by Crippen LogP contribution is -2.40. The Hall–Kier alpha value is -3.77. The smallest absolute Gasteiger partial charge is 0.144 e. The molecule has 4 rings (SSSR count). The molecule has 0 aliphatic heterocycles. The Morgan fingerprint density at radius 1 is 0.634 bits per heavy atom. The topological polar surface area (TPSA) is 49.3 Å². The Bertz CT molecular complexity index is 1210. The Labute approximate surface area is 244 Å². The van der Waals surface area contributed by atoms with Crippen molar-refractivity contribution in [3.63, 3.8) is 0 Å². The first kappa shape index (κ1) is 30.2. The molecule has 0 amide bonds. The summed E-state index contributed by atoms with van der Waals surface area (Å²) in [6.07, 6.45) is -0.455. The van der Waals surface area contributed by atoms with Crippen molar-refractivity contribution in [1.82, 2.24) is 0 Å². The van der Waals surface area contributed by atoms with Gasteiger partial charge in [0.1, 0.15) is 24.0 Å². The van der Waals surface area contributed by atoms with Gasteiger partial charge in [0.2, 0.25) is 0 Å². The quantitative estimate of drug-likeness (QED) is 0.0860. The van der Waals surface area contributed by atoms with Crippen LogP contribution >= 0.6 is 0 Å². The molecule has 0 saturated carbocycles. The van der Waals surface area contributed by atoms with Gasteiger partial charge in [-0.1, -0.05) is 126 Å². The fourth-order valence-electron chi connectivity index (χ4n) is 4.72. The maximum Gasteiger partial charge on any atom is 0.144 e. The van der Waals surface area contributed by atoms with Crippen molar-refractivity contribution >= 4 is 5.71 Å². The average molecular weight is 552 g/mol. The lowest BCUT2D eigenvalue weighted by molar-refractivity contribution is -0.0367. The van der Waals surface area contributed by atoms with Gasteiger partial charge in [0.15, 0.2) is 0 Å². The summed E-state index contributed by atoms with van der Waals surface area (Å²) in [7, 11) is 0. The van der Waals surface area contributed by atoms with E-state index in [9.17, 15) is 0 Å². The molecule has 5 nitrogen and oxygen atoms in total. The summed E-state index contributed by atoms with van der Waals surface area (Å²) in [4.78, 5) is 5.91. The van der Waals surface area contributed by atoms with Crippen molar-refractivity contribution in [3.05, 3.63) is 144 Å². The summed E-state index contributed by atoms with van der Waals surface area (Å²) in [6.45, 7) is 8.87. The molecule has 0 N–H and O–H groups in total. The largest absolute Gasteiger partial charge is 0.391 e. The Kier molecular flexibility index (Phi) is 11.3. The zero-order valence-corrected chi connectivity index (χ0v) is 24.5. The first-order valence-electron chi connectivity index (χ1n) is 14.3.